The lowest BCUT2D eigenvalue weighted by molar-refractivity contribution is -0.121. The molecule has 2 rings (SSSR count). The first-order chi connectivity index (χ1) is 8.34. The monoisotopic (exact) mass is 230 g/mol. The van der Waals surface area contributed by atoms with Crippen molar-refractivity contribution in [1.82, 2.24) is 10.3 Å². The number of aryl methyl sites for hydroxylation is 1. The third-order valence-electron chi connectivity index (χ3n) is 2.37. The van der Waals surface area contributed by atoms with Crippen molar-refractivity contribution in [3.8, 4) is 0 Å². The van der Waals surface area contributed by atoms with Crippen molar-refractivity contribution < 1.29 is 9.21 Å². The third kappa shape index (κ3) is 3.75. The van der Waals surface area contributed by atoms with E-state index in [0.29, 0.717) is 19.4 Å². The molecule has 0 radical (unpaired) electrons. The summed E-state index contributed by atoms with van der Waals surface area (Å²) in [4.78, 5) is 15.7. The highest BCUT2D eigenvalue weighted by molar-refractivity contribution is 5.75. The molecular weight excluding hydrogens is 216 g/mol. The predicted molar refractivity (Wildman–Crippen MR) is 63.1 cm³/mol. The maximum absolute atomic E-state index is 11.5. The van der Waals surface area contributed by atoms with Gasteiger partial charge in [0.25, 0.3) is 0 Å². The standard InChI is InChI=1S/C13H14N2O2/c16-13(15-10-12-5-3-9-17-12)7-6-11-4-1-2-8-14-11/h1-5,8-9H,6-7,10H2,(H,15,16). The highest BCUT2D eigenvalue weighted by Crippen LogP contribution is 2.01. The number of hydrogen-bond donors (Lipinski definition) is 1. The van der Waals surface area contributed by atoms with E-state index in [1.807, 2.05) is 24.3 Å². The molecule has 0 bridgehead atoms. The van der Waals surface area contributed by atoms with Crippen molar-refractivity contribution in [3.63, 3.8) is 0 Å². The second-order valence-corrected chi connectivity index (χ2v) is 3.68. The van der Waals surface area contributed by atoms with E-state index in [1.54, 1.807) is 18.5 Å². The van der Waals surface area contributed by atoms with Gasteiger partial charge in [-0.2, -0.15) is 0 Å². The molecule has 2 aromatic rings. The number of rotatable bonds is 5. The van der Waals surface area contributed by atoms with Crippen LogP contribution in [0.1, 0.15) is 17.9 Å². The van der Waals surface area contributed by atoms with E-state index in [4.69, 9.17) is 4.42 Å². The van der Waals surface area contributed by atoms with Crippen LogP contribution in [0.4, 0.5) is 0 Å². The van der Waals surface area contributed by atoms with E-state index in [0.717, 1.165) is 11.5 Å². The van der Waals surface area contributed by atoms with Crippen LogP contribution in [0.2, 0.25) is 0 Å². The summed E-state index contributed by atoms with van der Waals surface area (Å²) in [5.41, 5.74) is 0.931. The molecular formula is C13H14N2O2. The zero-order valence-electron chi connectivity index (χ0n) is 9.43. The summed E-state index contributed by atoms with van der Waals surface area (Å²) in [6.45, 7) is 0.439. The van der Waals surface area contributed by atoms with Crippen LogP contribution < -0.4 is 5.32 Å². The minimum atomic E-state index is 0.00653. The molecule has 0 unspecified atom stereocenters. The van der Waals surface area contributed by atoms with Crippen LogP contribution in [0.25, 0.3) is 0 Å². The molecule has 4 nitrogen and oxygen atoms in total. The molecule has 0 spiro atoms. The Labute approximate surface area is 99.7 Å². The van der Waals surface area contributed by atoms with Gasteiger partial charge in [0.15, 0.2) is 0 Å². The zero-order chi connectivity index (χ0) is 11.9. The molecule has 0 atom stereocenters. The molecule has 2 heterocycles. The zero-order valence-corrected chi connectivity index (χ0v) is 9.43. The SMILES string of the molecule is O=C(CCc1ccccn1)NCc1ccco1. The summed E-state index contributed by atoms with van der Waals surface area (Å²) < 4.78 is 5.12. The lowest BCUT2D eigenvalue weighted by Crippen LogP contribution is -2.22. The minimum Gasteiger partial charge on any atom is -0.467 e. The maximum Gasteiger partial charge on any atom is 0.220 e. The van der Waals surface area contributed by atoms with Crippen molar-refractivity contribution in [2.45, 2.75) is 19.4 Å². The van der Waals surface area contributed by atoms with Gasteiger partial charge in [-0.3, -0.25) is 9.78 Å². The summed E-state index contributed by atoms with van der Waals surface area (Å²) in [5.74, 6) is 0.767. The number of furan rings is 1. The molecule has 17 heavy (non-hydrogen) atoms. The summed E-state index contributed by atoms with van der Waals surface area (Å²) in [6, 6.07) is 9.33. The Balaban J connectivity index is 1.71. The number of aromatic nitrogens is 1. The van der Waals surface area contributed by atoms with Gasteiger partial charge in [-0.05, 0) is 30.7 Å². The quantitative estimate of drug-likeness (QED) is 0.853. The van der Waals surface area contributed by atoms with Gasteiger partial charge in [-0.15, -0.1) is 0 Å². The van der Waals surface area contributed by atoms with Crippen molar-refractivity contribution >= 4 is 5.91 Å². The highest BCUT2D eigenvalue weighted by atomic mass is 16.3. The Morgan fingerprint density at radius 2 is 2.24 bits per heavy atom. The number of carbonyl (C=O) groups is 1. The number of pyridine rings is 1. The van der Waals surface area contributed by atoms with Gasteiger partial charge >= 0.3 is 0 Å². The van der Waals surface area contributed by atoms with Gasteiger partial charge in [0, 0.05) is 18.3 Å². The van der Waals surface area contributed by atoms with Gasteiger partial charge in [-0.1, -0.05) is 6.07 Å². The van der Waals surface area contributed by atoms with Crippen molar-refractivity contribution in [1.29, 1.82) is 0 Å². The molecule has 0 aliphatic heterocycles. The molecule has 0 aliphatic rings. The van der Waals surface area contributed by atoms with Crippen LogP contribution in [0.15, 0.2) is 47.2 Å². The maximum atomic E-state index is 11.5. The van der Waals surface area contributed by atoms with E-state index < -0.39 is 0 Å². The Hall–Kier alpha value is -2.10. The number of carbonyl (C=O) groups excluding carboxylic acids is 1. The predicted octanol–water partition coefficient (Wildman–Crippen LogP) is 1.92. The molecule has 1 amide bonds. The summed E-state index contributed by atoms with van der Waals surface area (Å²) in [7, 11) is 0. The first-order valence-corrected chi connectivity index (χ1v) is 5.53. The molecule has 0 aromatic carbocycles. The van der Waals surface area contributed by atoms with Gasteiger partial charge in [0.1, 0.15) is 5.76 Å². The first-order valence-electron chi connectivity index (χ1n) is 5.53. The fourth-order valence-electron chi connectivity index (χ4n) is 1.47. The van der Waals surface area contributed by atoms with Crippen LogP contribution >= 0.6 is 0 Å². The van der Waals surface area contributed by atoms with Crippen molar-refractivity contribution in [3.05, 3.63) is 54.2 Å². The van der Waals surface area contributed by atoms with Crippen LogP contribution in [0.3, 0.4) is 0 Å². The van der Waals surface area contributed by atoms with Crippen LogP contribution in [-0.2, 0) is 17.8 Å². The fourth-order valence-corrected chi connectivity index (χ4v) is 1.47. The van der Waals surface area contributed by atoms with Crippen LogP contribution in [0.5, 0.6) is 0 Å². The van der Waals surface area contributed by atoms with Crippen molar-refractivity contribution in [2.75, 3.05) is 0 Å². The number of hydrogen-bond acceptors (Lipinski definition) is 3. The van der Waals surface area contributed by atoms with Crippen molar-refractivity contribution in [2.24, 2.45) is 0 Å². The van der Waals surface area contributed by atoms with Crippen LogP contribution in [0, 0.1) is 0 Å². The van der Waals surface area contributed by atoms with Gasteiger partial charge in [0.2, 0.25) is 5.91 Å². The fraction of sp³-hybridized carbons (Fsp3) is 0.231. The molecule has 0 aliphatic carbocycles. The number of amides is 1. The Morgan fingerprint density at radius 1 is 1.29 bits per heavy atom. The molecule has 0 saturated heterocycles. The van der Waals surface area contributed by atoms with E-state index in [1.165, 1.54) is 0 Å². The molecule has 0 fully saturated rings. The Bertz CT molecular complexity index is 452. The molecule has 1 N–H and O–H groups in total. The normalized spacial score (nSPS) is 10.1. The van der Waals surface area contributed by atoms with E-state index in [9.17, 15) is 4.79 Å². The van der Waals surface area contributed by atoms with E-state index in [-0.39, 0.29) is 5.91 Å². The van der Waals surface area contributed by atoms with Gasteiger partial charge in [0.05, 0.1) is 12.8 Å². The minimum absolute atomic E-state index is 0.00653. The summed E-state index contributed by atoms with van der Waals surface area (Å²) in [6.07, 6.45) is 4.42. The molecule has 4 heteroatoms. The summed E-state index contributed by atoms with van der Waals surface area (Å²) >= 11 is 0. The van der Waals surface area contributed by atoms with Gasteiger partial charge < -0.3 is 9.73 Å². The van der Waals surface area contributed by atoms with Gasteiger partial charge in [-0.25, -0.2) is 0 Å². The topological polar surface area (TPSA) is 55.1 Å². The first kappa shape index (κ1) is 11.4. The Kier molecular flexibility index (Phi) is 3.91. The molecule has 2 aromatic heterocycles. The highest BCUT2D eigenvalue weighted by Gasteiger charge is 2.03. The third-order valence-corrected chi connectivity index (χ3v) is 2.37. The lowest BCUT2D eigenvalue weighted by Gasteiger charge is -2.02. The number of nitrogens with one attached hydrogen (secondary N) is 1. The van der Waals surface area contributed by atoms with E-state index in [2.05, 4.69) is 10.3 Å². The largest absolute Gasteiger partial charge is 0.467 e. The van der Waals surface area contributed by atoms with E-state index >= 15 is 0 Å². The second-order valence-electron chi connectivity index (χ2n) is 3.68. The van der Waals surface area contributed by atoms with Crippen LogP contribution in [-0.4, -0.2) is 10.9 Å². The smallest absolute Gasteiger partial charge is 0.220 e. The summed E-state index contributed by atoms with van der Waals surface area (Å²) in [5, 5.41) is 2.79. The Morgan fingerprint density at radius 3 is 2.94 bits per heavy atom. The average Bonchev–Trinajstić information content (AvgIpc) is 2.88. The second kappa shape index (κ2) is 5.84. The number of nitrogens with zero attached hydrogens (tertiary/aromatic N) is 1. The average molecular weight is 230 g/mol. The lowest BCUT2D eigenvalue weighted by atomic mass is 10.2. The molecule has 88 valence electrons. The molecule has 0 saturated carbocycles.